The van der Waals surface area contributed by atoms with Gasteiger partial charge in [0.2, 0.25) is 0 Å². The van der Waals surface area contributed by atoms with Crippen LogP contribution in [0.4, 0.5) is 0 Å². The first-order chi connectivity index (χ1) is 49.0. The Balaban J connectivity index is 3.96. The molecule has 0 aromatic carbocycles. The summed E-state index contributed by atoms with van der Waals surface area (Å²) < 4.78 is 34.8. The molecule has 0 aromatic rings. The molecule has 9 nitrogen and oxygen atoms in total. The van der Waals surface area contributed by atoms with E-state index in [2.05, 4.69) is 135 Å². The molecule has 100 heavy (non-hydrogen) atoms. The van der Waals surface area contributed by atoms with Gasteiger partial charge in [0.1, 0.15) is 19.8 Å². The van der Waals surface area contributed by atoms with Gasteiger partial charge in [-0.15, -0.1) is 0 Å². The summed E-state index contributed by atoms with van der Waals surface area (Å²) >= 11 is 0. The van der Waals surface area contributed by atoms with Gasteiger partial charge in [-0.1, -0.05) is 386 Å². The third-order valence-corrected chi connectivity index (χ3v) is 19.5. The highest BCUT2D eigenvalue weighted by Crippen LogP contribution is 2.43. The van der Waals surface area contributed by atoms with Gasteiger partial charge in [0.05, 0.1) is 27.7 Å². The molecule has 0 saturated heterocycles. The maximum Gasteiger partial charge on any atom is 0.472 e. The topological polar surface area (TPSA) is 108 Å². The Morgan fingerprint density at radius 1 is 0.320 bits per heavy atom. The number of phosphoric acid groups is 1. The molecule has 0 aliphatic rings. The Bertz CT molecular complexity index is 2110. The first-order valence-electron chi connectivity index (χ1n) is 42.3. The van der Waals surface area contributed by atoms with Gasteiger partial charge in [-0.25, -0.2) is 4.57 Å². The number of unbranched alkanes of at least 4 members (excludes halogenated alkanes) is 44. The number of quaternary nitrogens is 1. The van der Waals surface area contributed by atoms with Gasteiger partial charge in [0.15, 0.2) is 6.10 Å². The summed E-state index contributed by atoms with van der Waals surface area (Å²) in [4.78, 5) is 36.0. The summed E-state index contributed by atoms with van der Waals surface area (Å²) in [6, 6.07) is 0. The van der Waals surface area contributed by atoms with Crippen LogP contribution in [-0.4, -0.2) is 74.9 Å². The lowest BCUT2D eigenvalue weighted by atomic mass is 10.0. The summed E-state index contributed by atoms with van der Waals surface area (Å²) in [5, 5.41) is 0. The van der Waals surface area contributed by atoms with Gasteiger partial charge in [-0.05, 0) is 109 Å². The van der Waals surface area contributed by atoms with Crippen molar-refractivity contribution < 1.29 is 42.1 Å². The number of ether oxygens (including phenoxy) is 2. The van der Waals surface area contributed by atoms with Crippen molar-refractivity contribution in [2.45, 2.75) is 392 Å². The number of esters is 2. The zero-order chi connectivity index (χ0) is 72.5. The second kappa shape index (κ2) is 79.5. The number of hydrogen-bond acceptors (Lipinski definition) is 7. The van der Waals surface area contributed by atoms with E-state index in [1.54, 1.807) is 0 Å². The smallest absolute Gasteiger partial charge is 0.462 e. The maximum atomic E-state index is 12.9. The minimum absolute atomic E-state index is 0.0271. The Hall–Kier alpha value is -3.59. The fraction of sp³-hybridized carbons (Fsp3) is 0.756. The third kappa shape index (κ3) is 83.4. The highest BCUT2D eigenvalue weighted by Gasteiger charge is 2.27. The van der Waals surface area contributed by atoms with Gasteiger partial charge in [0, 0.05) is 12.8 Å². The van der Waals surface area contributed by atoms with Crippen molar-refractivity contribution in [1.82, 2.24) is 0 Å². The van der Waals surface area contributed by atoms with Crippen LogP contribution >= 0.6 is 7.82 Å². The second-order valence-corrected chi connectivity index (χ2v) is 30.9. The van der Waals surface area contributed by atoms with Crippen molar-refractivity contribution in [3.05, 3.63) is 122 Å². The number of rotatable bonds is 78. The lowest BCUT2D eigenvalue weighted by molar-refractivity contribution is -0.870. The largest absolute Gasteiger partial charge is 0.472 e. The molecule has 0 rings (SSSR count). The molecule has 0 saturated carbocycles. The molecule has 10 heteroatoms. The van der Waals surface area contributed by atoms with Crippen molar-refractivity contribution >= 4 is 19.8 Å². The first kappa shape index (κ1) is 96.4. The molecule has 0 aliphatic heterocycles. The van der Waals surface area contributed by atoms with Gasteiger partial charge in [-0.3, -0.25) is 18.6 Å². The van der Waals surface area contributed by atoms with Crippen LogP contribution in [-0.2, 0) is 32.7 Å². The van der Waals surface area contributed by atoms with Crippen LogP contribution in [0.5, 0.6) is 0 Å². The number of likely N-dealkylation sites (N-methyl/N-ethyl adjacent to an activating group) is 1. The molecule has 0 heterocycles. The monoisotopic (exact) mass is 1420 g/mol. The molecule has 1 N–H and O–H groups in total. The molecule has 0 radical (unpaired) electrons. The van der Waals surface area contributed by atoms with E-state index in [1.807, 2.05) is 21.1 Å². The molecule has 0 aliphatic carbocycles. The minimum atomic E-state index is -4.40. The molecule has 0 spiro atoms. The molecule has 0 aromatic heterocycles. The van der Waals surface area contributed by atoms with E-state index in [9.17, 15) is 19.0 Å². The van der Waals surface area contributed by atoms with E-state index < -0.39 is 26.5 Å². The van der Waals surface area contributed by atoms with Crippen LogP contribution < -0.4 is 0 Å². The Labute approximate surface area is 619 Å². The summed E-state index contributed by atoms with van der Waals surface area (Å²) in [5.41, 5.74) is 0. The van der Waals surface area contributed by atoms with Crippen LogP contribution in [0.3, 0.4) is 0 Å². The van der Waals surface area contributed by atoms with Crippen molar-refractivity contribution in [1.29, 1.82) is 0 Å². The van der Waals surface area contributed by atoms with Gasteiger partial charge >= 0.3 is 19.8 Å². The molecular weight excluding hydrogens is 1250 g/mol. The lowest BCUT2D eigenvalue weighted by Gasteiger charge is -2.24. The quantitative estimate of drug-likeness (QED) is 0.0211. The molecule has 0 fully saturated rings. The SMILES string of the molecule is CC/C=C\C/C=C\C/C=C\C/C=C\C/C=C\C/C=C\C/C=C\C/C=C\C/C=C\CCCCCCCCCCCC(=O)OC(COC(=O)CCCCCCCCCCCCCCCCCCCCCCCCCCCCC/C=C\CCCCCCCCCC)COP(=O)(O)OCC[N+](C)(C)C. The Morgan fingerprint density at radius 2 is 0.570 bits per heavy atom. The molecular formula is C90H161NO8P+. The number of carbonyl (C=O) groups excluding carboxylic acids is 2. The lowest BCUT2D eigenvalue weighted by Crippen LogP contribution is -2.37. The summed E-state index contributed by atoms with van der Waals surface area (Å²) in [6.07, 6.45) is 115. The number of carbonyl (C=O) groups is 2. The van der Waals surface area contributed by atoms with Crippen molar-refractivity contribution in [2.75, 3.05) is 47.5 Å². The van der Waals surface area contributed by atoms with Gasteiger partial charge in [-0.2, -0.15) is 0 Å². The zero-order valence-electron chi connectivity index (χ0n) is 66.2. The molecule has 2 unspecified atom stereocenters. The van der Waals surface area contributed by atoms with Crippen LogP contribution in [0, 0.1) is 0 Å². The van der Waals surface area contributed by atoms with Crippen molar-refractivity contribution in [2.24, 2.45) is 0 Å². The Morgan fingerprint density at radius 3 is 0.860 bits per heavy atom. The van der Waals surface area contributed by atoms with Crippen molar-refractivity contribution in [3.8, 4) is 0 Å². The molecule has 0 bridgehead atoms. The molecule has 578 valence electrons. The fourth-order valence-corrected chi connectivity index (χ4v) is 12.8. The average molecular weight is 1420 g/mol. The van der Waals surface area contributed by atoms with Crippen LogP contribution in [0.15, 0.2) is 122 Å². The molecule has 2 atom stereocenters. The van der Waals surface area contributed by atoms with E-state index in [-0.39, 0.29) is 32.0 Å². The second-order valence-electron chi connectivity index (χ2n) is 29.5. The highest BCUT2D eigenvalue weighted by molar-refractivity contribution is 7.47. The van der Waals surface area contributed by atoms with E-state index >= 15 is 0 Å². The van der Waals surface area contributed by atoms with Gasteiger partial charge in [0.25, 0.3) is 0 Å². The zero-order valence-corrected chi connectivity index (χ0v) is 67.1. The van der Waals surface area contributed by atoms with E-state index in [0.717, 1.165) is 103 Å². The number of nitrogens with zero attached hydrogens (tertiary/aromatic N) is 1. The fourth-order valence-electron chi connectivity index (χ4n) is 12.1. The highest BCUT2D eigenvalue weighted by atomic mass is 31.2. The predicted molar refractivity (Wildman–Crippen MR) is 436 cm³/mol. The normalized spacial score (nSPS) is 13.6. The predicted octanol–water partition coefficient (Wildman–Crippen LogP) is 28.5. The third-order valence-electron chi connectivity index (χ3n) is 18.5. The van der Waals surface area contributed by atoms with Crippen LogP contribution in [0.25, 0.3) is 0 Å². The number of phosphoric ester groups is 1. The number of hydrogen-bond donors (Lipinski definition) is 1. The van der Waals surface area contributed by atoms with E-state index in [4.69, 9.17) is 18.5 Å². The van der Waals surface area contributed by atoms with Crippen molar-refractivity contribution in [3.63, 3.8) is 0 Å². The Kier molecular flexibility index (Phi) is 76.7. The van der Waals surface area contributed by atoms with E-state index in [1.165, 1.54) is 250 Å². The minimum Gasteiger partial charge on any atom is -0.462 e. The summed E-state index contributed by atoms with van der Waals surface area (Å²) in [5.74, 6) is -0.794. The number of allylic oxidation sites excluding steroid dienone is 20. The first-order valence-corrected chi connectivity index (χ1v) is 43.8. The summed E-state index contributed by atoms with van der Waals surface area (Å²) in [6.45, 7) is 4.35. The maximum absolute atomic E-state index is 12.9. The van der Waals surface area contributed by atoms with Crippen LogP contribution in [0.2, 0.25) is 0 Å². The average Bonchev–Trinajstić information content (AvgIpc) is 1.02. The summed E-state index contributed by atoms with van der Waals surface area (Å²) in [7, 11) is 1.48. The standard InChI is InChI=1S/C90H160NO8P/c1-6-8-10-12-14-16-18-20-22-24-26-28-30-32-34-36-38-40-42-44-45-47-48-50-52-54-56-58-60-62-64-66-68-70-72-74-76-78-80-82-89(92)96-86-88(87-98-100(94,95)97-85-84-91(3,4)5)99-90(93)83-81-79-77-75-73-71-69-67-65-63-61-59-57-55-53-51-49-46-43-41-39-37-35-33-31-29-27-25-23-21-19-17-15-13-11-9-7-2/h9,11,15,17,21,23-24,26-27,29,33,35,39,41,46,49,53,55,59,61,88H,6-8,10,12-14,16,18-20,22,25,28,30-32,34,36-38,40,42-45,47-48,50-52,54,56-58,60,62-87H2,1-5H3/p+1/b11-9-,17-15-,23-21-,26-24-,29-27-,35-33-,41-39-,49-46-,55-53-,61-59-. The van der Waals surface area contributed by atoms with E-state index in [0.29, 0.717) is 17.4 Å². The molecule has 0 amide bonds. The van der Waals surface area contributed by atoms with Crippen LogP contribution in [0.1, 0.15) is 386 Å². The van der Waals surface area contributed by atoms with Gasteiger partial charge < -0.3 is 18.9 Å².